The van der Waals surface area contributed by atoms with E-state index >= 15 is 0 Å². The monoisotopic (exact) mass is 250 g/mol. The van der Waals surface area contributed by atoms with Gasteiger partial charge in [0.15, 0.2) is 5.84 Å². The van der Waals surface area contributed by atoms with Crippen molar-refractivity contribution in [2.45, 2.75) is 33.7 Å². The van der Waals surface area contributed by atoms with Gasteiger partial charge in [0, 0.05) is 19.3 Å². The van der Waals surface area contributed by atoms with Crippen molar-refractivity contribution in [3.05, 3.63) is 29.6 Å². The second-order valence-corrected chi connectivity index (χ2v) is 5.16. The molecule has 1 aromatic rings. The van der Waals surface area contributed by atoms with Crippen LogP contribution in [0.2, 0.25) is 0 Å². The number of nitrogens with two attached hydrogens (primary N) is 1. The molecule has 1 rings (SSSR count). The largest absolute Gasteiger partial charge is 0.409 e. The fourth-order valence-corrected chi connectivity index (χ4v) is 1.45. The lowest BCUT2D eigenvalue weighted by Crippen LogP contribution is -2.28. The van der Waals surface area contributed by atoms with Gasteiger partial charge in [0.25, 0.3) is 0 Å². The molecule has 0 unspecified atom stereocenters. The van der Waals surface area contributed by atoms with Gasteiger partial charge in [-0.05, 0) is 29.5 Å². The van der Waals surface area contributed by atoms with E-state index in [1.807, 2.05) is 12.1 Å². The highest BCUT2D eigenvalue weighted by Crippen LogP contribution is 2.17. The van der Waals surface area contributed by atoms with Gasteiger partial charge in [-0.3, -0.25) is 4.98 Å². The zero-order valence-corrected chi connectivity index (χ0v) is 11.3. The van der Waals surface area contributed by atoms with Gasteiger partial charge in [-0.1, -0.05) is 25.9 Å². The molecular weight excluding hydrogens is 228 g/mol. The fourth-order valence-electron chi connectivity index (χ4n) is 1.45. The molecule has 0 aliphatic heterocycles. The predicted molar refractivity (Wildman–Crippen MR) is 72.5 cm³/mol. The average molecular weight is 250 g/mol. The zero-order chi connectivity index (χ0) is 13.6. The highest BCUT2D eigenvalue weighted by Gasteiger charge is 2.13. The number of aromatic nitrogens is 1. The lowest BCUT2D eigenvalue weighted by atomic mass is 9.90. The molecule has 1 heterocycles. The van der Waals surface area contributed by atoms with Crippen LogP contribution in [-0.4, -0.2) is 22.6 Å². The van der Waals surface area contributed by atoms with Crippen LogP contribution < -0.4 is 11.1 Å². The maximum Gasteiger partial charge on any atom is 0.188 e. The van der Waals surface area contributed by atoms with E-state index in [1.54, 1.807) is 6.20 Å². The highest BCUT2D eigenvalue weighted by molar-refractivity contribution is 5.95. The van der Waals surface area contributed by atoms with Gasteiger partial charge >= 0.3 is 0 Å². The summed E-state index contributed by atoms with van der Waals surface area (Å²) in [6.07, 6.45) is 2.79. The molecule has 0 saturated heterocycles. The molecule has 5 nitrogen and oxygen atoms in total. The molecule has 4 N–H and O–H groups in total. The van der Waals surface area contributed by atoms with Gasteiger partial charge in [-0.15, -0.1) is 0 Å². The van der Waals surface area contributed by atoms with Gasteiger partial charge in [-0.2, -0.15) is 0 Å². The van der Waals surface area contributed by atoms with Crippen LogP contribution in [0.3, 0.4) is 0 Å². The third-order valence-corrected chi connectivity index (χ3v) is 3.08. The fraction of sp³-hybridized carbons (Fsp3) is 0.538. The molecule has 0 radical (unpaired) electrons. The summed E-state index contributed by atoms with van der Waals surface area (Å²) >= 11 is 0. The van der Waals surface area contributed by atoms with Crippen LogP contribution in [0.1, 0.15) is 38.4 Å². The molecule has 0 amide bonds. The minimum absolute atomic E-state index is 0.0331. The maximum absolute atomic E-state index is 8.60. The first-order chi connectivity index (χ1) is 8.48. The lowest BCUT2D eigenvalue weighted by Gasteiger charge is -2.23. The molecule has 0 bridgehead atoms. The lowest BCUT2D eigenvalue weighted by molar-refractivity contribution is 0.318. The zero-order valence-electron chi connectivity index (χ0n) is 11.3. The Morgan fingerprint density at radius 2 is 2.28 bits per heavy atom. The first kappa shape index (κ1) is 14.4. The number of rotatable bonds is 6. The van der Waals surface area contributed by atoms with E-state index in [9.17, 15) is 0 Å². The predicted octanol–water partition coefficient (Wildman–Crippen LogP) is 1.70. The Bertz CT molecular complexity index is 415. The first-order valence-electron chi connectivity index (χ1n) is 6.12. The summed E-state index contributed by atoms with van der Waals surface area (Å²) in [5.41, 5.74) is 7.35. The summed E-state index contributed by atoms with van der Waals surface area (Å²) in [6, 6.07) is 3.74. The minimum Gasteiger partial charge on any atom is -0.409 e. The molecule has 0 aromatic carbocycles. The maximum atomic E-state index is 8.60. The summed E-state index contributed by atoms with van der Waals surface area (Å²) in [5, 5.41) is 15.0. The number of amidine groups is 1. The molecule has 5 heteroatoms. The number of pyridine rings is 1. The number of hydrogen-bond acceptors (Lipinski definition) is 4. The number of nitrogens with one attached hydrogen (secondary N) is 1. The summed E-state index contributed by atoms with van der Waals surface area (Å²) in [4.78, 5) is 4.04. The summed E-state index contributed by atoms with van der Waals surface area (Å²) in [5.74, 6) is 0.0331. The summed E-state index contributed by atoms with van der Waals surface area (Å²) in [7, 11) is 0. The third kappa shape index (κ3) is 4.33. The van der Waals surface area contributed by atoms with Crippen molar-refractivity contribution in [3.8, 4) is 0 Å². The van der Waals surface area contributed by atoms with E-state index in [-0.39, 0.29) is 5.84 Å². The van der Waals surface area contributed by atoms with E-state index in [4.69, 9.17) is 10.9 Å². The van der Waals surface area contributed by atoms with Crippen molar-refractivity contribution in [2.24, 2.45) is 16.3 Å². The second kappa shape index (κ2) is 6.35. The Balaban J connectivity index is 2.58. The quantitative estimate of drug-likeness (QED) is 0.310. The standard InChI is InChI=1S/C13H22N4O/c1-4-13(2,3)9-15-8-10-5-6-16-11(7-10)12(14)17-18/h5-7,15,18H,4,8-9H2,1-3H3,(H2,14,17). The van der Waals surface area contributed by atoms with Gasteiger partial charge in [-0.25, -0.2) is 0 Å². The minimum atomic E-state index is 0.0331. The van der Waals surface area contributed by atoms with Crippen molar-refractivity contribution < 1.29 is 5.21 Å². The Morgan fingerprint density at radius 3 is 2.89 bits per heavy atom. The smallest absolute Gasteiger partial charge is 0.188 e. The Labute approximate surface area is 108 Å². The van der Waals surface area contributed by atoms with E-state index in [2.05, 4.69) is 36.2 Å². The van der Waals surface area contributed by atoms with Crippen molar-refractivity contribution in [3.63, 3.8) is 0 Å². The molecule has 100 valence electrons. The van der Waals surface area contributed by atoms with E-state index in [1.165, 1.54) is 0 Å². The van der Waals surface area contributed by atoms with Crippen LogP contribution in [0.15, 0.2) is 23.5 Å². The van der Waals surface area contributed by atoms with Gasteiger partial charge in [0.1, 0.15) is 5.69 Å². The Morgan fingerprint density at radius 1 is 1.56 bits per heavy atom. The molecule has 0 aliphatic carbocycles. The highest BCUT2D eigenvalue weighted by atomic mass is 16.4. The van der Waals surface area contributed by atoms with Gasteiger partial charge in [0.05, 0.1) is 0 Å². The molecule has 0 fully saturated rings. The molecule has 0 aliphatic rings. The first-order valence-corrected chi connectivity index (χ1v) is 6.12. The topological polar surface area (TPSA) is 83.5 Å². The van der Waals surface area contributed by atoms with E-state index in [0.29, 0.717) is 11.1 Å². The number of nitrogens with zero attached hydrogens (tertiary/aromatic N) is 2. The van der Waals surface area contributed by atoms with Gasteiger partial charge < -0.3 is 16.3 Å². The van der Waals surface area contributed by atoms with Crippen molar-refractivity contribution >= 4 is 5.84 Å². The molecule has 1 aromatic heterocycles. The SMILES string of the molecule is CCC(C)(C)CNCc1ccnc(/C(N)=N/O)c1. The van der Waals surface area contributed by atoms with Crippen LogP contribution >= 0.6 is 0 Å². The normalized spacial score (nSPS) is 12.7. The van der Waals surface area contributed by atoms with Crippen molar-refractivity contribution in [1.82, 2.24) is 10.3 Å². The van der Waals surface area contributed by atoms with Crippen LogP contribution in [0.4, 0.5) is 0 Å². The third-order valence-electron chi connectivity index (χ3n) is 3.08. The average Bonchev–Trinajstić information content (AvgIpc) is 2.38. The molecule has 18 heavy (non-hydrogen) atoms. The number of oxime groups is 1. The van der Waals surface area contributed by atoms with E-state index < -0.39 is 0 Å². The summed E-state index contributed by atoms with van der Waals surface area (Å²) in [6.45, 7) is 8.34. The van der Waals surface area contributed by atoms with E-state index in [0.717, 1.165) is 25.1 Å². The Hall–Kier alpha value is -1.62. The van der Waals surface area contributed by atoms with Crippen molar-refractivity contribution in [1.29, 1.82) is 0 Å². The van der Waals surface area contributed by atoms with Crippen molar-refractivity contribution in [2.75, 3.05) is 6.54 Å². The number of hydrogen-bond donors (Lipinski definition) is 3. The van der Waals surface area contributed by atoms with Crippen LogP contribution in [0.5, 0.6) is 0 Å². The summed E-state index contributed by atoms with van der Waals surface area (Å²) < 4.78 is 0. The second-order valence-electron chi connectivity index (χ2n) is 5.16. The van der Waals surface area contributed by atoms with Gasteiger partial charge in [0.2, 0.25) is 0 Å². The Kier molecular flexibility index (Phi) is 5.09. The molecular formula is C13H22N4O. The molecule has 0 atom stereocenters. The van der Waals surface area contributed by atoms with Crippen LogP contribution in [0, 0.1) is 5.41 Å². The molecule has 0 spiro atoms. The molecule has 0 saturated carbocycles. The van der Waals surface area contributed by atoms with Crippen LogP contribution in [0.25, 0.3) is 0 Å². The van der Waals surface area contributed by atoms with Crippen LogP contribution in [-0.2, 0) is 6.54 Å².